The maximum absolute atomic E-state index is 6.26. The minimum absolute atomic E-state index is 0.0544. The third kappa shape index (κ3) is 2.28. The second-order valence-electron chi connectivity index (χ2n) is 5.85. The summed E-state index contributed by atoms with van der Waals surface area (Å²) >= 11 is 0. The zero-order valence-corrected chi connectivity index (χ0v) is 12.1. The number of hydrogen-bond donors (Lipinski definition) is 0. The molecule has 0 amide bonds. The average Bonchev–Trinajstić information content (AvgIpc) is 3.20. The molecule has 0 N–H and O–H groups in total. The molecule has 0 aromatic carbocycles. The highest BCUT2D eigenvalue weighted by Crippen LogP contribution is 2.42. The molecule has 1 aliphatic carbocycles. The van der Waals surface area contributed by atoms with E-state index in [-0.39, 0.29) is 11.9 Å². The van der Waals surface area contributed by atoms with Crippen LogP contribution in [0.4, 0.5) is 0 Å². The lowest BCUT2D eigenvalue weighted by Crippen LogP contribution is -2.32. The summed E-state index contributed by atoms with van der Waals surface area (Å²) in [5, 5.41) is 8.42. The van der Waals surface area contributed by atoms with Crippen molar-refractivity contribution >= 4 is 0 Å². The van der Waals surface area contributed by atoms with Crippen molar-refractivity contribution in [2.24, 2.45) is 7.05 Å². The summed E-state index contributed by atoms with van der Waals surface area (Å²) in [5.74, 6) is -0.360. The summed E-state index contributed by atoms with van der Waals surface area (Å²) in [6, 6.07) is 3.81. The van der Waals surface area contributed by atoms with Crippen LogP contribution in [0.5, 0.6) is 0 Å². The Kier molecular flexibility index (Phi) is 3.08. The zero-order chi connectivity index (χ0) is 14.3. The van der Waals surface area contributed by atoms with Crippen LogP contribution in [0.25, 0.3) is 11.4 Å². The monoisotopic (exact) mass is 289 g/mol. The van der Waals surface area contributed by atoms with Gasteiger partial charge in [0.2, 0.25) is 0 Å². The van der Waals surface area contributed by atoms with E-state index in [1.807, 2.05) is 17.8 Å². The second-order valence-corrected chi connectivity index (χ2v) is 5.85. The molecule has 1 unspecified atom stereocenters. The Labute approximate surface area is 123 Å². The average molecular weight is 289 g/mol. The van der Waals surface area contributed by atoms with E-state index in [1.54, 1.807) is 12.3 Å². The molecular formula is C15H19N3O3. The summed E-state index contributed by atoms with van der Waals surface area (Å²) in [5.41, 5.74) is 2.56. The minimum atomic E-state index is -0.360. The molecule has 2 aromatic rings. The van der Waals surface area contributed by atoms with Crippen molar-refractivity contribution in [1.82, 2.24) is 14.9 Å². The highest BCUT2D eigenvalue weighted by atomic mass is 16.7. The van der Waals surface area contributed by atoms with Crippen LogP contribution in [0.2, 0.25) is 0 Å². The van der Waals surface area contributed by atoms with Crippen molar-refractivity contribution in [3.8, 4) is 11.4 Å². The molecule has 1 atom stereocenters. The van der Waals surface area contributed by atoms with Crippen LogP contribution < -0.4 is 0 Å². The molecule has 21 heavy (non-hydrogen) atoms. The Hall–Kier alpha value is -1.66. The van der Waals surface area contributed by atoms with Gasteiger partial charge in [0.25, 0.3) is 0 Å². The molecule has 6 nitrogen and oxygen atoms in total. The van der Waals surface area contributed by atoms with E-state index in [2.05, 4.69) is 10.3 Å². The first kappa shape index (κ1) is 13.0. The minimum Gasteiger partial charge on any atom is -0.364 e. The third-order valence-electron chi connectivity index (χ3n) is 4.42. The molecule has 2 fully saturated rings. The lowest BCUT2D eigenvalue weighted by atomic mass is 9.94. The van der Waals surface area contributed by atoms with Crippen LogP contribution in [0.1, 0.15) is 43.9 Å². The van der Waals surface area contributed by atoms with E-state index in [4.69, 9.17) is 14.0 Å². The fourth-order valence-electron chi connectivity index (χ4n) is 3.31. The Morgan fingerprint density at radius 1 is 1.24 bits per heavy atom. The standard InChI is InChI=1S/C15H19N3O3/c1-18-13(9-12(16-18)11-5-8-20-17-11)14-10-19-15(21-14)6-3-2-4-7-15/h5,8-9,14H,2-4,6-7,10H2,1H3. The van der Waals surface area contributed by atoms with Crippen LogP contribution in [0, 0.1) is 0 Å². The fraction of sp³-hybridized carbons (Fsp3) is 0.600. The van der Waals surface area contributed by atoms with E-state index < -0.39 is 0 Å². The first-order valence-electron chi connectivity index (χ1n) is 7.52. The van der Waals surface area contributed by atoms with E-state index in [1.165, 1.54) is 19.3 Å². The van der Waals surface area contributed by atoms with Gasteiger partial charge in [-0.15, -0.1) is 0 Å². The molecule has 1 spiro atoms. The normalized spacial score (nSPS) is 24.7. The summed E-state index contributed by atoms with van der Waals surface area (Å²) in [7, 11) is 1.92. The van der Waals surface area contributed by atoms with Gasteiger partial charge in [-0.3, -0.25) is 4.68 Å². The molecule has 1 saturated heterocycles. The summed E-state index contributed by atoms with van der Waals surface area (Å²) < 4.78 is 19.0. The van der Waals surface area contributed by atoms with Crippen molar-refractivity contribution in [2.45, 2.75) is 44.0 Å². The Morgan fingerprint density at radius 2 is 2.10 bits per heavy atom. The van der Waals surface area contributed by atoms with Gasteiger partial charge in [-0.25, -0.2) is 0 Å². The van der Waals surface area contributed by atoms with E-state index in [9.17, 15) is 0 Å². The van der Waals surface area contributed by atoms with Gasteiger partial charge in [-0.1, -0.05) is 11.6 Å². The van der Waals surface area contributed by atoms with Crippen molar-refractivity contribution < 1.29 is 14.0 Å². The molecule has 6 heteroatoms. The zero-order valence-electron chi connectivity index (χ0n) is 12.1. The van der Waals surface area contributed by atoms with Gasteiger partial charge in [-0.05, 0) is 18.9 Å². The number of ether oxygens (including phenoxy) is 2. The molecule has 112 valence electrons. The van der Waals surface area contributed by atoms with Gasteiger partial charge >= 0.3 is 0 Å². The maximum Gasteiger partial charge on any atom is 0.169 e. The van der Waals surface area contributed by atoms with Gasteiger partial charge in [0.1, 0.15) is 23.8 Å². The first-order valence-corrected chi connectivity index (χ1v) is 7.52. The molecule has 3 heterocycles. The van der Waals surface area contributed by atoms with Crippen molar-refractivity contribution in [1.29, 1.82) is 0 Å². The molecule has 2 aromatic heterocycles. The van der Waals surface area contributed by atoms with Crippen LogP contribution in [0.15, 0.2) is 22.9 Å². The Bertz CT molecular complexity index is 614. The van der Waals surface area contributed by atoms with Crippen molar-refractivity contribution in [3.63, 3.8) is 0 Å². The van der Waals surface area contributed by atoms with Crippen LogP contribution >= 0.6 is 0 Å². The van der Waals surface area contributed by atoms with Gasteiger partial charge in [-0.2, -0.15) is 5.10 Å². The molecule has 0 bridgehead atoms. The first-order chi connectivity index (χ1) is 10.3. The molecule has 0 radical (unpaired) electrons. The Balaban J connectivity index is 1.57. The summed E-state index contributed by atoms with van der Waals surface area (Å²) in [4.78, 5) is 0. The summed E-state index contributed by atoms with van der Waals surface area (Å²) in [6.07, 6.45) is 7.14. The van der Waals surface area contributed by atoms with E-state index in [0.29, 0.717) is 6.61 Å². The predicted octanol–water partition coefficient (Wildman–Crippen LogP) is 2.82. The molecule has 1 saturated carbocycles. The van der Waals surface area contributed by atoms with Crippen molar-refractivity contribution in [3.05, 3.63) is 24.1 Å². The highest BCUT2D eigenvalue weighted by molar-refractivity contribution is 5.53. The fourth-order valence-corrected chi connectivity index (χ4v) is 3.31. The largest absolute Gasteiger partial charge is 0.364 e. The smallest absolute Gasteiger partial charge is 0.169 e. The quantitative estimate of drug-likeness (QED) is 0.850. The molecular weight excluding hydrogens is 270 g/mol. The van der Waals surface area contributed by atoms with Crippen LogP contribution in [-0.4, -0.2) is 27.3 Å². The lowest BCUT2D eigenvalue weighted by molar-refractivity contribution is -0.188. The molecule has 1 aliphatic heterocycles. The van der Waals surface area contributed by atoms with Crippen LogP contribution in [0.3, 0.4) is 0 Å². The predicted molar refractivity (Wildman–Crippen MR) is 74.3 cm³/mol. The lowest BCUT2D eigenvalue weighted by Gasteiger charge is -2.31. The number of nitrogens with zero attached hydrogens (tertiary/aromatic N) is 3. The number of hydrogen-bond acceptors (Lipinski definition) is 5. The van der Waals surface area contributed by atoms with Gasteiger partial charge < -0.3 is 14.0 Å². The number of aromatic nitrogens is 3. The second kappa shape index (κ2) is 4.96. The van der Waals surface area contributed by atoms with Crippen LogP contribution in [-0.2, 0) is 16.5 Å². The summed E-state index contributed by atoms with van der Waals surface area (Å²) in [6.45, 7) is 0.595. The Morgan fingerprint density at radius 3 is 2.86 bits per heavy atom. The number of rotatable bonds is 2. The molecule has 2 aliphatic rings. The third-order valence-corrected chi connectivity index (χ3v) is 4.42. The molecule has 4 rings (SSSR count). The van der Waals surface area contributed by atoms with Gasteiger partial charge in [0, 0.05) is 26.0 Å². The van der Waals surface area contributed by atoms with E-state index >= 15 is 0 Å². The van der Waals surface area contributed by atoms with Crippen molar-refractivity contribution in [2.75, 3.05) is 6.61 Å². The van der Waals surface area contributed by atoms with Gasteiger partial charge in [0.15, 0.2) is 5.79 Å². The number of aryl methyl sites for hydroxylation is 1. The maximum atomic E-state index is 6.26. The topological polar surface area (TPSA) is 62.3 Å². The van der Waals surface area contributed by atoms with Gasteiger partial charge in [0.05, 0.1) is 12.3 Å². The van der Waals surface area contributed by atoms with E-state index in [0.717, 1.165) is 29.9 Å². The highest BCUT2D eigenvalue weighted by Gasteiger charge is 2.43. The SMILES string of the molecule is Cn1nc(-c2ccon2)cc1C1COC2(CCCCC2)O1.